The maximum Gasteiger partial charge on any atom is 0.416 e. The first-order chi connectivity index (χ1) is 15.6. The van der Waals surface area contributed by atoms with E-state index in [4.69, 9.17) is 16.0 Å². The maximum atomic E-state index is 13.5. The van der Waals surface area contributed by atoms with Gasteiger partial charge in [0, 0.05) is 10.7 Å². The Morgan fingerprint density at radius 3 is 2.45 bits per heavy atom. The van der Waals surface area contributed by atoms with Crippen molar-refractivity contribution in [3.8, 4) is 0 Å². The number of carbonyl (C=O) groups is 1. The third-order valence-corrected chi connectivity index (χ3v) is 5.88. The second-order valence-corrected chi connectivity index (χ2v) is 8.29. The minimum atomic E-state index is -4.60. The zero-order chi connectivity index (χ0) is 23.5. The van der Waals surface area contributed by atoms with Crippen LogP contribution in [0.5, 0.6) is 0 Å². The van der Waals surface area contributed by atoms with Gasteiger partial charge >= 0.3 is 6.18 Å². The molecular weight excluding hydrogens is 455 g/mol. The molecule has 0 spiro atoms. The van der Waals surface area contributed by atoms with E-state index < -0.39 is 29.1 Å². The number of aryl methyl sites for hydroxylation is 1. The van der Waals surface area contributed by atoms with Crippen molar-refractivity contribution in [2.24, 2.45) is 0 Å². The molecule has 0 saturated heterocycles. The third kappa shape index (κ3) is 3.49. The van der Waals surface area contributed by atoms with Gasteiger partial charge in [-0.25, -0.2) is 0 Å². The summed E-state index contributed by atoms with van der Waals surface area (Å²) in [5, 5.41) is 0.651. The van der Waals surface area contributed by atoms with E-state index >= 15 is 0 Å². The fraction of sp³-hybridized carbons (Fsp3) is 0.120. The average molecular weight is 470 g/mol. The first-order valence-corrected chi connectivity index (χ1v) is 10.4. The minimum absolute atomic E-state index is 0.00848. The van der Waals surface area contributed by atoms with Crippen molar-refractivity contribution in [2.75, 3.05) is 4.90 Å². The van der Waals surface area contributed by atoms with E-state index in [0.29, 0.717) is 16.0 Å². The Kier molecular flexibility index (Phi) is 4.83. The number of hydrogen-bond acceptors (Lipinski definition) is 3. The van der Waals surface area contributed by atoms with Gasteiger partial charge in [0.1, 0.15) is 5.58 Å². The molecular formula is C25H15ClF3NO3. The third-order valence-electron chi connectivity index (χ3n) is 5.64. The van der Waals surface area contributed by atoms with Gasteiger partial charge in [0.05, 0.1) is 22.6 Å². The summed E-state index contributed by atoms with van der Waals surface area (Å²) in [4.78, 5) is 28.2. The summed E-state index contributed by atoms with van der Waals surface area (Å²) in [6.45, 7) is 1.82. The van der Waals surface area contributed by atoms with E-state index in [2.05, 4.69) is 0 Å². The zero-order valence-corrected chi connectivity index (χ0v) is 17.9. The Bertz CT molecular complexity index is 1490. The highest BCUT2D eigenvalue weighted by atomic mass is 35.5. The van der Waals surface area contributed by atoms with Gasteiger partial charge in [-0.05, 0) is 55.0 Å². The van der Waals surface area contributed by atoms with Crippen molar-refractivity contribution < 1.29 is 22.4 Å². The van der Waals surface area contributed by atoms with Crippen LogP contribution >= 0.6 is 11.6 Å². The monoisotopic (exact) mass is 469 g/mol. The van der Waals surface area contributed by atoms with Gasteiger partial charge in [-0.1, -0.05) is 41.4 Å². The van der Waals surface area contributed by atoms with Crippen LogP contribution in [0.15, 0.2) is 75.9 Å². The SMILES string of the molecule is Cc1ccc2oc3c(c(=O)c2c1)C(c1cccc(Cl)c1)N(c1cccc(C(F)(F)F)c1)C3=O. The lowest BCUT2D eigenvalue weighted by Gasteiger charge is -2.26. The smallest absolute Gasteiger partial charge is 0.416 e. The molecule has 1 amide bonds. The van der Waals surface area contributed by atoms with Crippen LogP contribution in [0.3, 0.4) is 0 Å². The number of fused-ring (bicyclic) bond motifs is 2. The summed E-state index contributed by atoms with van der Waals surface area (Å²) < 4.78 is 46.0. The highest BCUT2D eigenvalue weighted by molar-refractivity contribution is 6.30. The molecule has 1 aromatic heterocycles. The van der Waals surface area contributed by atoms with Crippen LogP contribution in [0.25, 0.3) is 11.0 Å². The van der Waals surface area contributed by atoms with Gasteiger partial charge in [-0.2, -0.15) is 13.2 Å². The molecule has 5 rings (SSSR count). The number of rotatable bonds is 2. The van der Waals surface area contributed by atoms with Crippen LogP contribution in [0, 0.1) is 6.92 Å². The number of alkyl halides is 3. The van der Waals surface area contributed by atoms with E-state index in [-0.39, 0.29) is 22.6 Å². The van der Waals surface area contributed by atoms with Crippen LogP contribution in [-0.2, 0) is 6.18 Å². The molecule has 8 heteroatoms. The number of halogens is 4. The van der Waals surface area contributed by atoms with Crippen LogP contribution in [0.4, 0.5) is 18.9 Å². The fourth-order valence-electron chi connectivity index (χ4n) is 4.18. The number of amides is 1. The van der Waals surface area contributed by atoms with E-state index in [0.717, 1.165) is 22.6 Å². The lowest BCUT2D eigenvalue weighted by Crippen LogP contribution is -2.29. The highest BCUT2D eigenvalue weighted by Crippen LogP contribution is 2.43. The molecule has 1 atom stereocenters. The number of hydrogen-bond donors (Lipinski definition) is 0. The summed E-state index contributed by atoms with van der Waals surface area (Å²) >= 11 is 6.17. The standard InChI is InChI=1S/C25H15ClF3NO3/c1-13-8-9-19-18(10-13)22(31)20-21(14-4-2-6-16(26)11-14)30(24(32)23(20)33-19)17-7-3-5-15(12-17)25(27,28)29/h2-12,21H,1H3. The molecule has 0 N–H and O–H groups in total. The largest absolute Gasteiger partial charge is 0.450 e. The van der Waals surface area contributed by atoms with Crippen molar-refractivity contribution >= 4 is 34.2 Å². The molecule has 0 bridgehead atoms. The molecule has 0 radical (unpaired) electrons. The van der Waals surface area contributed by atoms with Crippen LogP contribution in [-0.4, -0.2) is 5.91 Å². The van der Waals surface area contributed by atoms with E-state index in [1.807, 2.05) is 6.92 Å². The fourth-order valence-corrected chi connectivity index (χ4v) is 4.38. The molecule has 4 aromatic rings. The predicted octanol–water partition coefficient (Wildman–Crippen LogP) is 6.52. The molecule has 1 unspecified atom stereocenters. The summed E-state index contributed by atoms with van der Waals surface area (Å²) in [7, 11) is 0. The van der Waals surface area contributed by atoms with E-state index in [1.54, 1.807) is 42.5 Å². The first-order valence-electron chi connectivity index (χ1n) is 9.99. The summed E-state index contributed by atoms with van der Waals surface area (Å²) in [5.41, 5.74) is 0.271. The average Bonchev–Trinajstić information content (AvgIpc) is 3.06. The quantitative estimate of drug-likeness (QED) is 0.335. The minimum Gasteiger partial charge on any atom is -0.450 e. The second kappa shape index (κ2) is 7.49. The Balaban J connectivity index is 1.81. The Morgan fingerprint density at radius 2 is 1.73 bits per heavy atom. The Hall–Kier alpha value is -3.58. The van der Waals surface area contributed by atoms with E-state index in [1.165, 1.54) is 12.1 Å². The summed E-state index contributed by atoms with van der Waals surface area (Å²) in [6.07, 6.45) is -4.60. The zero-order valence-electron chi connectivity index (χ0n) is 17.1. The number of nitrogens with zero attached hydrogens (tertiary/aromatic N) is 1. The normalized spacial score (nSPS) is 15.8. The molecule has 3 aromatic carbocycles. The molecule has 0 aliphatic carbocycles. The van der Waals surface area contributed by atoms with Crippen molar-refractivity contribution in [2.45, 2.75) is 19.1 Å². The van der Waals surface area contributed by atoms with Gasteiger partial charge in [0.25, 0.3) is 5.91 Å². The topological polar surface area (TPSA) is 50.5 Å². The number of anilines is 1. The summed E-state index contributed by atoms with van der Waals surface area (Å²) in [5.74, 6) is -0.896. The van der Waals surface area contributed by atoms with Crippen LogP contribution in [0.2, 0.25) is 5.02 Å². The van der Waals surface area contributed by atoms with Crippen molar-refractivity contribution in [3.63, 3.8) is 0 Å². The van der Waals surface area contributed by atoms with Gasteiger partial charge in [0.15, 0.2) is 5.43 Å². The number of benzene rings is 3. The molecule has 33 heavy (non-hydrogen) atoms. The van der Waals surface area contributed by atoms with Crippen LogP contribution < -0.4 is 10.3 Å². The predicted molar refractivity (Wildman–Crippen MR) is 119 cm³/mol. The Morgan fingerprint density at radius 1 is 0.970 bits per heavy atom. The van der Waals surface area contributed by atoms with Crippen molar-refractivity contribution in [1.82, 2.24) is 0 Å². The lowest BCUT2D eigenvalue weighted by atomic mass is 9.98. The van der Waals surface area contributed by atoms with Gasteiger partial charge < -0.3 is 4.42 Å². The van der Waals surface area contributed by atoms with Gasteiger partial charge in [-0.15, -0.1) is 0 Å². The van der Waals surface area contributed by atoms with E-state index in [9.17, 15) is 22.8 Å². The maximum absolute atomic E-state index is 13.5. The Labute approximate surface area is 190 Å². The second-order valence-electron chi connectivity index (χ2n) is 7.85. The molecule has 0 fully saturated rings. The molecule has 1 aliphatic heterocycles. The van der Waals surface area contributed by atoms with Gasteiger partial charge in [-0.3, -0.25) is 14.5 Å². The molecule has 1 aliphatic rings. The number of carbonyl (C=O) groups excluding carboxylic acids is 1. The first kappa shape index (κ1) is 21.3. The molecule has 4 nitrogen and oxygen atoms in total. The summed E-state index contributed by atoms with van der Waals surface area (Å²) in [6, 6.07) is 14.9. The highest BCUT2D eigenvalue weighted by Gasteiger charge is 2.44. The van der Waals surface area contributed by atoms with Crippen molar-refractivity contribution in [3.05, 3.63) is 110 Å². The molecule has 166 valence electrons. The molecule has 0 saturated carbocycles. The van der Waals surface area contributed by atoms with Crippen LogP contribution in [0.1, 0.15) is 38.9 Å². The lowest BCUT2D eigenvalue weighted by molar-refractivity contribution is -0.137. The van der Waals surface area contributed by atoms with Gasteiger partial charge in [0.2, 0.25) is 5.76 Å². The van der Waals surface area contributed by atoms with Crippen molar-refractivity contribution in [1.29, 1.82) is 0 Å². The molecule has 2 heterocycles.